The summed E-state index contributed by atoms with van der Waals surface area (Å²) in [6, 6.07) is 12.0. The van der Waals surface area contributed by atoms with Gasteiger partial charge in [-0.3, -0.25) is 14.8 Å². The van der Waals surface area contributed by atoms with E-state index in [1.54, 1.807) is 11.3 Å². The monoisotopic (exact) mass is 417 g/mol. The molecule has 1 atom stereocenters. The molecule has 5 rings (SSSR count). The van der Waals surface area contributed by atoms with Gasteiger partial charge in [0.2, 0.25) is 5.91 Å². The average Bonchev–Trinajstić information content (AvgIpc) is 3.40. The summed E-state index contributed by atoms with van der Waals surface area (Å²) in [5.41, 5.74) is 7.26. The molecule has 4 heterocycles. The number of hydrogen-bond donors (Lipinski definition) is 1. The van der Waals surface area contributed by atoms with Crippen LogP contribution in [0.4, 0.5) is 0 Å². The number of carbonyl (C=O) groups is 1. The Morgan fingerprint density at radius 1 is 1.27 bits per heavy atom. The smallest absolute Gasteiger partial charge is 0.226 e. The quantitative estimate of drug-likeness (QED) is 0.707. The van der Waals surface area contributed by atoms with Crippen molar-refractivity contribution in [1.82, 2.24) is 20.2 Å². The van der Waals surface area contributed by atoms with Gasteiger partial charge in [-0.05, 0) is 24.1 Å². The van der Waals surface area contributed by atoms with Crippen molar-refractivity contribution in [3.8, 4) is 0 Å². The molecule has 0 saturated carbocycles. The van der Waals surface area contributed by atoms with Crippen molar-refractivity contribution in [3.05, 3.63) is 81.1 Å². The van der Waals surface area contributed by atoms with Crippen molar-refractivity contribution >= 4 is 23.1 Å². The maximum absolute atomic E-state index is 12.5. The third-order valence-electron chi connectivity index (χ3n) is 5.68. The van der Waals surface area contributed by atoms with E-state index in [-0.39, 0.29) is 18.4 Å². The van der Waals surface area contributed by atoms with Crippen LogP contribution in [0.3, 0.4) is 0 Å². The molecule has 0 fully saturated rings. The summed E-state index contributed by atoms with van der Waals surface area (Å²) in [6.07, 6.45) is 3.11. The van der Waals surface area contributed by atoms with Crippen LogP contribution >= 0.6 is 11.3 Å². The minimum atomic E-state index is -0.0289. The van der Waals surface area contributed by atoms with Crippen molar-refractivity contribution < 1.29 is 4.79 Å². The number of pyridine rings is 1. The second-order valence-electron chi connectivity index (χ2n) is 7.74. The number of fused-ring (bicyclic) bond motifs is 2. The molecule has 0 spiro atoms. The summed E-state index contributed by atoms with van der Waals surface area (Å²) in [5, 5.41) is 3.06. The number of amidine groups is 1. The van der Waals surface area contributed by atoms with E-state index < -0.39 is 0 Å². The number of hydrogen-bond acceptors (Lipinski definition) is 6. The largest absolute Gasteiger partial charge is 0.351 e. The number of aliphatic imine (C=N–C) groups is 1. The second kappa shape index (κ2) is 7.99. The lowest BCUT2D eigenvalue weighted by Crippen LogP contribution is -2.35. The van der Waals surface area contributed by atoms with Crippen LogP contribution in [0.25, 0.3) is 0 Å². The van der Waals surface area contributed by atoms with Gasteiger partial charge in [0, 0.05) is 29.6 Å². The molecule has 1 N–H and O–H groups in total. The van der Waals surface area contributed by atoms with Crippen LogP contribution in [0.5, 0.6) is 0 Å². The highest BCUT2D eigenvalue weighted by Crippen LogP contribution is 2.27. The lowest BCUT2D eigenvalue weighted by atomic mass is 10.1. The Morgan fingerprint density at radius 2 is 2.13 bits per heavy atom. The van der Waals surface area contributed by atoms with Gasteiger partial charge in [-0.15, -0.1) is 11.3 Å². The molecule has 30 heavy (non-hydrogen) atoms. The fraction of sp³-hybridized carbons (Fsp3) is 0.304. The number of aromatic nitrogens is 2. The molecule has 0 aliphatic carbocycles. The third kappa shape index (κ3) is 3.73. The summed E-state index contributed by atoms with van der Waals surface area (Å²) >= 11 is 1.71. The fourth-order valence-corrected chi connectivity index (χ4v) is 4.90. The topological polar surface area (TPSA) is 70.5 Å². The Hall–Kier alpha value is -3.06. The number of carbonyl (C=O) groups excluding carboxylic acids is 1. The van der Waals surface area contributed by atoms with Crippen LogP contribution in [-0.4, -0.2) is 33.2 Å². The molecule has 1 amide bonds. The van der Waals surface area contributed by atoms with E-state index in [9.17, 15) is 4.79 Å². The van der Waals surface area contributed by atoms with Gasteiger partial charge in [0.15, 0.2) is 0 Å². The minimum Gasteiger partial charge on any atom is -0.351 e. The van der Waals surface area contributed by atoms with Gasteiger partial charge >= 0.3 is 0 Å². The highest BCUT2D eigenvalue weighted by Gasteiger charge is 2.27. The zero-order valence-corrected chi connectivity index (χ0v) is 17.7. The summed E-state index contributed by atoms with van der Waals surface area (Å²) in [6.45, 7) is 4.43. The van der Waals surface area contributed by atoms with Gasteiger partial charge in [-0.1, -0.05) is 30.3 Å². The van der Waals surface area contributed by atoms with E-state index in [0.29, 0.717) is 6.54 Å². The van der Waals surface area contributed by atoms with Crippen molar-refractivity contribution in [2.45, 2.75) is 38.9 Å². The third-order valence-corrected chi connectivity index (χ3v) is 6.54. The number of nitrogens with zero attached hydrogens (tertiary/aromatic N) is 4. The molecule has 3 aromatic rings. The molecule has 7 heteroatoms. The maximum atomic E-state index is 12.5. The Balaban J connectivity index is 1.24. The molecule has 1 aromatic carbocycles. The highest BCUT2D eigenvalue weighted by molar-refractivity contribution is 7.09. The number of amides is 1. The molecule has 2 aromatic heterocycles. The number of rotatable bonds is 4. The summed E-state index contributed by atoms with van der Waals surface area (Å²) < 4.78 is 0. The Labute approximate surface area is 179 Å². The number of nitrogens with one attached hydrogen (secondary N) is 1. The van der Waals surface area contributed by atoms with Crippen LogP contribution in [-0.2, 0) is 30.7 Å². The van der Waals surface area contributed by atoms with E-state index in [4.69, 9.17) is 4.99 Å². The minimum absolute atomic E-state index is 0.0216. The van der Waals surface area contributed by atoms with E-state index in [1.165, 1.54) is 10.6 Å². The first-order valence-corrected chi connectivity index (χ1v) is 11.1. The first kappa shape index (κ1) is 18.9. The van der Waals surface area contributed by atoms with E-state index in [2.05, 4.69) is 20.2 Å². The van der Waals surface area contributed by atoms with E-state index in [0.717, 1.165) is 47.7 Å². The average molecular weight is 418 g/mol. The van der Waals surface area contributed by atoms with Gasteiger partial charge < -0.3 is 10.2 Å². The van der Waals surface area contributed by atoms with Crippen molar-refractivity contribution in [1.29, 1.82) is 0 Å². The predicted octanol–water partition coefficient (Wildman–Crippen LogP) is 3.28. The van der Waals surface area contributed by atoms with Crippen LogP contribution in [0, 0.1) is 0 Å². The zero-order chi connectivity index (χ0) is 20.5. The Kier molecular flexibility index (Phi) is 5.04. The molecule has 0 unspecified atom stereocenters. The molecule has 2 aliphatic rings. The van der Waals surface area contributed by atoms with E-state index in [1.807, 2.05) is 55.0 Å². The van der Waals surface area contributed by atoms with Gasteiger partial charge in [-0.25, -0.2) is 4.98 Å². The first-order chi connectivity index (χ1) is 14.7. The van der Waals surface area contributed by atoms with Crippen molar-refractivity contribution in [2.75, 3.05) is 6.54 Å². The van der Waals surface area contributed by atoms with Gasteiger partial charge in [-0.2, -0.15) is 0 Å². The number of benzene rings is 1. The maximum Gasteiger partial charge on any atom is 0.226 e. The SMILES string of the molecule is C[C@@H](NC(=O)Cc1cc2c(cn1)C(N1CCc3ncsc3C1)=NC2)c1ccccc1. The molecule has 0 radical (unpaired) electrons. The Morgan fingerprint density at radius 3 is 3.00 bits per heavy atom. The van der Waals surface area contributed by atoms with Gasteiger partial charge in [0.05, 0.1) is 42.5 Å². The van der Waals surface area contributed by atoms with Crippen molar-refractivity contribution in [3.63, 3.8) is 0 Å². The molecule has 152 valence electrons. The first-order valence-electron chi connectivity index (χ1n) is 10.2. The zero-order valence-electron chi connectivity index (χ0n) is 16.8. The molecule has 2 aliphatic heterocycles. The van der Waals surface area contributed by atoms with E-state index >= 15 is 0 Å². The van der Waals surface area contributed by atoms with Crippen LogP contribution < -0.4 is 5.32 Å². The summed E-state index contributed by atoms with van der Waals surface area (Å²) in [5.74, 6) is 0.997. The molecule has 0 saturated heterocycles. The van der Waals surface area contributed by atoms with Crippen LogP contribution in [0.15, 0.2) is 53.1 Å². The van der Waals surface area contributed by atoms with Crippen molar-refractivity contribution in [2.24, 2.45) is 4.99 Å². The van der Waals surface area contributed by atoms with Crippen LogP contribution in [0.1, 0.15) is 45.9 Å². The summed E-state index contributed by atoms with van der Waals surface area (Å²) in [7, 11) is 0. The standard InChI is InChI=1S/C23H23N5OS/c1-15(16-5-3-2-4-6-16)27-22(29)10-18-9-17-11-25-23(19(17)12-24-18)28-8-7-20-21(13-28)30-14-26-20/h2-6,9,12,14-15H,7-8,10-11,13H2,1H3,(H,27,29)/t15-/m1/s1. The number of thiazole rings is 1. The second-order valence-corrected chi connectivity index (χ2v) is 8.68. The van der Waals surface area contributed by atoms with Gasteiger partial charge in [0.1, 0.15) is 5.84 Å². The molecule has 0 bridgehead atoms. The molecular weight excluding hydrogens is 394 g/mol. The molecular formula is C23H23N5OS. The van der Waals surface area contributed by atoms with Crippen LogP contribution in [0.2, 0.25) is 0 Å². The predicted molar refractivity (Wildman–Crippen MR) is 117 cm³/mol. The van der Waals surface area contributed by atoms with Gasteiger partial charge in [0.25, 0.3) is 0 Å². The molecule has 6 nitrogen and oxygen atoms in total. The highest BCUT2D eigenvalue weighted by atomic mass is 32.1. The lowest BCUT2D eigenvalue weighted by Gasteiger charge is -2.28. The lowest BCUT2D eigenvalue weighted by molar-refractivity contribution is -0.121. The summed E-state index contributed by atoms with van der Waals surface area (Å²) in [4.78, 5) is 29.9. The Bertz CT molecular complexity index is 1110. The fourth-order valence-electron chi connectivity index (χ4n) is 4.07. The normalized spacial score (nSPS) is 15.9.